The molecule has 0 aromatic carbocycles. The number of aliphatic carboxylic acids is 1. The standard InChI is InChI=1S/C23H33N3O4/c27-21(28)16-25-13-9-23(30,10-14-25)22(29)26-11-7-17(8-12-26)15-19-6-5-18-3-1-2-4-20(18)24-19/h5-6,17,30H,1-4,7-16H2,(H,27,28). The Hall–Kier alpha value is -1.99. The highest BCUT2D eigenvalue weighted by Gasteiger charge is 2.42. The van der Waals surface area contributed by atoms with Crippen LogP contribution in [0.1, 0.15) is 55.5 Å². The van der Waals surface area contributed by atoms with Crippen LogP contribution in [-0.4, -0.2) is 75.2 Å². The summed E-state index contributed by atoms with van der Waals surface area (Å²) in [4.78, 5) is 32.3. The van der Waals surface area contributed by atoms with Crippen LogP contribution in [0, 0.1) is 5.92 Å². The molecule has 2 N–H and O–H groups in total. The number of amides is 1. The lowest BCUT2D eigenvalue weighted by molar-refractivity contribution is -0.158. The quantitative estimate of drug-likeness (QED) is 0.760. The van der Waals surface area contributed by atoms with Crippen LogP contribution >= 0.6 is 0 Å². The third-order valence-electron chi connectivity index (χ3n) is 7.08. The van der Waals surface area contributed by atoms with Crippen molar-refractivity contribution in [2.75, 3.05) is 32.7 Å². The van der Waals surface area contributed by atoms with E-state index < -0.39 is 11.6 Å². The molecule has 30 heavy (non-hydrogen) atoms. The normalized spacial score (nSPS) is 22.5. The van der Waals surface area contributed by atoms with Crippen LogP contribution in [0.5, 0.6) is 0 Å². The zero-order chi connectivity index (χ0) is 21.1. The van der Waals surface area contributed by atoms with E-state index in [1.165, 1.54) is 29.8 Å². The van der Waals surface area contributed by atoms with E-state index in [0.717, 1.165) is 32.1 Å². The zero-order valence-electron chi connectivity index (χ0n) is 17.7. The van der Waals surface area contributed by atoms with Crippen LogP contribution in [0.4, 0.5) is 0 Å². The number of aryl methyl sites for hydroxylation is 2. The first-order valence-corrected chi connectivity index (χ1v) is 11.4. The molecule has 164 valence electrons. The molecule has 7 heteroatoms. The van der Waals surface area contributed by atoms with Crippen molar-refractivity contribution in [3.05, 3.63) is 29.1 Å². The monoisotopic (exact) mass is 415 g/mol. The lowest BCUT2D eigenvalue weighted by Crippen LogP contribution is -2.56. The van der Waals surface area contributed by atoms with Gasteiger partial charge in [0.1, 0.15) is 5.60 Å². The molecule has 0 bridgehead atoms. The van der Waals surface area contributed by atoms with Crippen molar-refractivity contribution in [3.8, 4) is 0 Å². The Labute approximate surface area is 178 Å². The van der Waals surface area contributed by atoms with Crippen LogP contribution in [0.3, 0.4) is 0 Å². The molecule has 3 aliphatic rings. The molecule has 0 atom stereocenters. The van der Waals surface area contributed by atoms with Gasteiger partial charge in [0.05, 0.1) is 6.54 Å². The molecular formula is C23H33N3O4. The molecule has 2 fully saturated rings. The van der Waals surface area contributed by atoms with Gasteiger partial charge in [0.25, 0.3) is 5.91 Å². The van der Waals surface area contributed by atoms with Gasteiger partial charge in [-0.15, -0.1) is 0 Å². The van der Waals surface area contributed by atoms with Crippen molar-refractivity contribution in [3.63, 3.8) is 0 Å². The summed E-state index contributed by atoms with van der Waals surface area (Å²) in [6, 6.07) is 4.43. The summed E-state index contributed by atoms with van der Waals surface area (Å²) in [6.07, 6.45) is 8.20. The highest BCUT2D eigenvalue weighted by Crippen LogP contribution is 2.29. The van der Waals surface area contributed by atoms with E-state index in [9.17, 15) is 14.7 Å². The Morgan fingerprint density at radius 1 is 1.07 bits per heavy atom. The molecule has 2 aliphatic heterocycles. The van der Waals surface area contributed by atoms with E-state index in [1.54, 1.807) is 4.90 Å². The Bertz CT molecular complexity index is 781. The fraction of sp³-hybridized carbons (Fsp3) is 0.696. The van der Waals surface area contributed by atoms with Gasteiger partial charge in [-0.1, -0.05) is 6.07 Å². The molecule has 0 unspecified atom stereocenters. The Morgan fingerprint density at radius 2 is 1.77 bits per heavy atom. The Balaban J connectivity index is 1.27. The van der Waals surface area contributed by atoms with E-state index in [2.05, 4.69) is 12.1 Å². The maximum atomic E-state index is 13.0. The maximum Gasteiger partial charge on any atom is 0.317 e. The molecule has 1 amide bonds. The van der Waals surface area contributed by atoms with Crippen molar-refractivity contribution in [1.82, 2.24) is 14.8 Å². The van der Waals surface area contributed by atoms with Crippen LogP contribution in [-0.2, 0) is 28.9 Å². The number of rotatable bonds is 5. The molecule has 0 spiro atoms. The van der Waals surface area contributed by atoms with E-state index in [0.29, 0.717) is 44.9 Å². The average Bonchev–Trinajstić information content (AvgIpc) is 2.75. The minimum Gasteiger partial charge on any atom is -0.480 e. The first kappa shape index (κ1) is 21.2. The highest BCUT2D eigenvalue weighted by molar-refractivity contribution is 5.85. The second-order valence-electron chi connectivity index (χ2n) is 9.26. The molecule has 3 heterocycles. The summed E-state index contributed by atoms with van der Waals surface area (Å²) in [5, 5.41) is 19.8. The number of pyridine rings is 1. The van der Waals surface area contributed by atoms with Gasteiger partial charge in [0.2, 0.25) is 0 Å². The number of aliphatic hydroxyl groups is 1. The number of carboxylic acid groups (broad SMARTS) is 1. The van der Waals surface area contributed by atoms with Crippen LogP contribution in [0.15, 0.2) is 12.1 Å². The lowest BCUT2D eigenvalue weighted by atomic mass is 9.87. The summed E-state index contributed by atoms with van der Waals surface area (Å²) < 4.78 is 0. The van der Waals surface area contributed by atoms with E-state index in [4.69, 9.17) is 10.1 Å². The van der Waals surface area contributed by atoms with Crippen LogP contribution < -0.4 is 0 Å². The average molecular weight is 416 g/mol. The topological polar surface area (TPSA) is 94.0 Å². The molecule has 1 aliphatic carbocycles. The summed E-state index contributed by atoms with van der Waals surface area (Å²) >= 11 is 0. The van der Waals surface area contributed by atoms with Crippen molar-refractivity contribution < 1.29 is 19.8 Å². The number of fused-ring (bicyclic) bond motifs is 1. The van der Waals surface area contributed by atoms with Crippen LogP contribution in [0.25, 0.3) is 0 Å². The molecule has 1 aromatic heterocycles. The first-order valence-electron chi connectivity index (χ1n) is 11.4. The van der Waals surface area contributed by atoms with E-state index >= 15 is 0 Å². The zero-order valence-corrected chi connectivity index (χ0v) is 17.7. The second-order valence-corrected chi connectivity index (χ2v) is 9.26. The fourth-order valence-corrected chi connectivity index (χ4v) is 5.16. The predicted molar refractivity (Wildman–Crippen MR) is 112 cm³/mol. The fourth-order valence-electron chi connectivity index (χ4n) is 5.16. The summed E-state index contributed by atoms with van der Waals surface area (Å²) in [7, 11) is 0. The molecule has 0 radical (unpaired) electrons. The number of carboxylic acids is 1. The lowest BCUT2D eigenvalue weighted by Gasteiger charge is -2.41. The largest absolute Gasteiger partial charge is 0.480 e. The number of carbonyl (C=O) groups excluding carboxylic acids is 1. The van der Waals surface area contributed by atoms with E-state index in [-0.39, 0.29) is 12.5 Å². The van der Waals surface area contributed by atoms with E-state index in [1.807, 2.05) is 4.90 Å². The molecule has 0 saturated carbocycles. The van der Waals surface area contributed by atoms with Gasteiger partial charge in [-0.05, 0) is 75.3 Å². The number of hydrogen-bond acceptors (Lipinski definition) is 5. The molecule has 1 aromatic rings. The second kappa shape index (κ2) is 9.02. The van der Waals surface area contributed by atoms with Crippen LogP contribution in [0.2, 0.25) is 0 Å². The molecule has 4 rings (SSSR count). The smallest absolute Gasteiger partial charge is 0.317 e. The summed E-state index contributed by atoms with van der Waals surface area (Å²) in [5.74, 6) is -0.527. The SMILES string of the molecule is O=C(O)CN1CCC(O)(C(=O)N2CCC(Cc3ccc4c(n3)CCCC4)CC2)CC1. The number of carbonyl (C=O) groups is 2. The molecule has 2 saturated heterocycles. The number of piperidine rings is 2. The van der Waals surface area contributed by atoms with Crippen molar-refractivity contribution in [1.29, 1.82) is 0 Å². The van der Waals surface area contributed by atoms with Gasteiger partial charge in [0.15, 0.2) is 0 Å². The van der Waals surface area contributed by atoms with Gasteiger partial charge in [-0.3, -0.25) is 19.5 Å². The summed E-state index contributed by atoms with van der Waals surface area (Å²) in [6.45, 7) is 2.20. The van der Waals surface area contributed by atoms with Crippen molar-refractivity contribution in [2.24, 2.45) is 5.92 Å². The number of hydrogen-bond donors (Lipinski definition) is 2. The first-order chi connectivity index (χ1) is 14.4. The van der Waals surface area contributed by atoms with Crippen molar-refractivity contribution >= 4 is 11.9 Å². The molecule has 7 nitrogen and oxygen atoms in total. The number of likely N-dealkylation sites (tertiary alicyclic amines) is 2. The number of aromatic nitrogens is 1. The van der Waals surface area contributed by atoms with Gasteiger partial charge in [-0.25, -0.2) is 0 Å². The Morgan fingerprint density at radius 3 is 2.47 bits per heavy atom. The van der Waals surface area contributed by atoms with Gasteiger partial charge >= 0.3 is 5.97 Å². The maximum absolute atomic E-state index is 13.0. The minimum atomic E-state index is -1.35. The third kappa shape index (κ3) is 4.83. The highest BCUT2D eigenvalue weighted by atomic mass is 16.4. The molecular weight excluding hydrogens is 382 g/mol. The summed E-state index contributed by atoms with van der Waals surface area (Å²) in [5.41, 5.74) is 2.52. The minimum absolute atomic E-state index is 0.0353. The van der Waals surface area contributed by atoms with Gasteiger partial charge < -0.3 is 15.1 Å². The van der Waals surface area contributed by atoms with Gasteiger partial charge in [-0.2, -0.15) is 0 Å². The van der Waals surface area contributed by atoms with Gasteiger partial charge in [0, 0.05) is 37.6 Å². The number of nitrogens with zero attached hydrogens (tertiary/aromatic N) is 3. The Kier molecular flexibility index (Phi) is 6.39. The third-order valence-corrected chi connectivity index (χ3v) is 7.08. The van der Waals surface area contributed by atoms with Crippen molar-refractivity contribution in [2.45, 2.75) is 63.4 Å². The predicted octanol–water partition coefficient (Wildman–Crippen LogP) is 1.65.